The Kier molecular flexibility index (Phi) is 4.89. The van der Waals surface area contributed by atoms with E-state index in [0.29, 0.717) is 11.6 Å². The molecule has 19 heavy (non-hydrogen) atoms. The van der Waals surface area contributed by atoms with E-state index >= 15 is 0 Å². The second-order valence-corrected chi connectivity index (χ2v) is 5.61. The monoisotopic (exact) mass is 275 g/mol. The van der Waals surface area contributed by atoms with E-state index in [2.05, 4.69) is 18.8 Å². The van der Waals surface area contributed by atoms with Gasteiger partial charge in [-0.3, -0.25) is 4.79 Å². The van der Waals surface area contributed by atoms with Gasteiger partial charge in [-0.2, -0.15) is 11.8 Å². The predicted octanol–water partition coefficient (Wildman–Crippen LogP) is 1.61. The number of rotatable bonds is 1. The quantitative estimate of drug-likeness (QED) is 0.792. The van der Waals surface area contributed by atoms with Crippen molar-refractivity contribution in [3.05, 3.63) is 35.4 Å². The predicted molar refractivity (Wildman–Crippen MR) is 78.2 cm³/mol. The molecular formula is C15H17NO2S. The lowest BCUT2D eigenvalue weighted by Gasteiger charge is -2.33. The highest BCUT2D eigenvalue weighted by atomic mass is 32.2. The van der Waals surface area contributed by atoms with Crippen LogP contribution in [0.25, 0.3) is 0 Å². The first-order valence-electron chi connectivity index (χ1n) is 6.31. The summed E-state index contributed by atoms with van der Waals surface area (Å²) in [5, 5.41) is 8.63. The third-order valence-electron chi connectivity index (χ3n) is 3.07. The van der Waals surface area contributed by atoms with Crippen molar-refractivity contribution in [1.82, 2.24) is 4.90 Å². The maximum atomic E-state index is 12.4. The molecule has 1 aromatic carbocycles. The highest BCUT2D eigenvalue weighted by Crippen LogP contribution is 2.18. The molecule has 100 valence electrons. The normalized spacial score (nSPS) is 18.6. The molecule has 1 heterocycles. The van der Waals surface area contributed by atoms with Gasteiger partial charge in [-0.05, 0) is 31.2 Å². The average Bonchev–Trinajstić information content (AvgIpc) is 2.45. The van der Waals surface area contributed by atoms with Gasteiger partial charge in [-0.1, -0.05) is 11.8 Å². The van der Waals surface area contributed by atoms with E-state index in [1.807, 2.05) is 28.8 Å². The van der Waals surface area contributed by atoms with Crippen molar-refractivity contribution in [3.8, 4) is 11.8 Å². The van der Waals surface area contributed by atoms with Gasteiger partial charge in [0.15, 0.2) is 0 Å². The first-order valence-corrected chi connectivity index (χ1v) is 7.46. The molecule has 1 amide bonds. The zero-order chi connectivity index (χ0) is 13.7. The van der Waals surface area contributed by atoms with Crippen molar-refractivity contribution < 1.29 is 9.90 Å². The number of amides is 1. The number of hydrogen-bond donors (Lipinski definition) is 1. The molecular weight excluding hydrogens is 258 g/mol. The molecule has 4 heteroatoms. The van der Waals surface area contributed by atoms with E-state index in [1.54, 1.807) is 12.1 Å². The third-order valence-corrected chi connectivity index (χ3v) is 4.26. The van der Waals surface area contributed by atoms with Gasteiger partial charge in [0.1, 0.15) is 6.61 Å². The summed E-state index contributed by atoms with van der Waals surface area (Å²) in [6.07, 6.45) is 0. The summed E-state index contributed by atoms with van der Waals surface area (Å²) in [5.74, 6) is 7.52. The Bertz CT molecular complexity index is 501. The molecule has 0 spiro atoms. The number of aliphatic hydroxyl groups is 1. The van der Waals surface area contributed by atoms with Gasteiger partial charge >= 0.3 is 0 Å². The van der Waals surface area contributed by atoms with Crippen molar-refractivity contribution in [2.24, 2.45) is 0 Å². The molecule has 0 aliphatic carbocycles. The molecule has 1 saturated heterocycles. The minimum Gasteiger partial charge on any atom is -0.384 e. The van der Waals surface area contributed by atoms with Crippen LogP contribution in [0.1, 0.15) is 22.8 Å². The summed E-state index contributed by atoms with van der Waals surface area (Å²) in [5.41, 5.74) is 1.51. The Labute approximate surface area is 118 Å². The number of thioether (sulfide) groups is 1. The summed E-state index contributed by atoms with van der Waals surface area (Å²) in [6.45, 7) is 2.76. The Morgan fingerprint density at radius 1 is 1.47 bits per heavy atom. The van der Waals surface area contributed by atoms with E-state index < -0.39 is 0 Å². The lowest BCUT2D eigenvalue weighted by molar-refractivity contribution is 0.0716. The highest BCUT2D eigenvalue weighted by Gasteiger charge is 2.24. The van der Waals surface area contributed by atoms with Crippen LogP contribution in [0.15, 0.2) is 24.3 Å². The van der Waals surface area contributed by atoms with E-state index in [-0.39, 0.29) is 12.5 Å². The van der Waals surface area contributed by atoms with Crippen LogP contribution in [0.2, 0.25) is 0 Å². The molecule has 1 aliphatic rings. The molecule has 2 rings (SSSR count). The van der Waals surface area contributed by atoms with Gasteiger partial charge in [0.2, 0.25) is 0 Å². The number of nitrogens with zero attached hydrogens (tertiary/aromatic N) is 1. The zero-order valence-corrected chi connectivity index (χ0v) is 11.7. The van der Waals surface area contributed by atoms with Crippen LogP contribution < -0.4 is 0 Å². The molecule has 3 nitrogen and oxygen atoms in total. The zero-order valence-electron chi connectivity index (χ0n) is 10.9. The van der Waals surface area contributed by atoms with Crippen molar-refractivity contribution in [2.75, 3.05) is 24.7 Å². The molecule has 1 aromatic rings. The largest absolute Gasteiger partial charge is 0.384 e. The Morgan fingerprint density at radius 2 is 2.21 bits per heavy atom. The molecule has 0 radical (unpaired) electrons. The minimum absolute atomic E-state index is 0.0921. The third kappa shape index (κ3) is 3.52. The van der Waals surface area contributed by atoms with Crippen molar-refractivity contribution >= 4 is 17.7 Å². The van der Waals surface area contributed by atoms with Crippen LogP contribution in [-0.2, 0) is 0 Å². The molecule has 0 aromatic heterocycles. The molecule has 1 N–H and O–H groups in total. The van der Waals surface area contributed by atoms with Crippen LogP contribution >= 0.6 is 11.8 Å². The van der Waals surface area contributed by atoms with Crippen LogP contribution in [0.4, 0.5) is 0 Å². The first-order chi connectivity index (χ1) is 9.22. The summed E-state index contributed by atoms with van der Waals surface area (Å²) < 4.78 is 0. The summed E-state index contributed by atoms with van der Waals surface area (Å²) >= 11 is 1.90. The second kappa shape index (κ2) is 6.65. The molecule has 0 bridgehead atoms. The Morgan fingerprint density at radius 3 is 2.84 bits per heavy atom. The van der Waals surface area contributed by atoms with E-state index in [4.69, 9.17) is 5.11 Å². The van der Waals surface area contributed by atoms with Crippen LogP contribution in [0.3, 0.4) is 0 Å². The SMILES string of the molecule is CC1CSCCN1C(=O)c1ccc(C#CCO)cc1. The summed E-state index contributed by atoms with van der Waals surface area (Å²) in [4.78, 5) is 14.3. The fraction of sp³-hybridized carbons (Fsp3) is 0.400. The standard InChI is InChI=1S/C15H17NO2S/c1-12-11-19-10-8-16(12)15(18)14-6-4-13(5-7-14)3-2-9-17/h4-7,12,17H,8-11H2,1H3. The second-order valence-electron chi connectivity index (χ2n) is 4.46. The smallest absolute Gasteiger partial charge is 0.254 e. The van der Waals surface area contributed by atoms with Crippen molar-refractivity contribution in [2.45, 2.75) is 13.0 Å². The molecule has 1 fully saturated rings. The minimum atomic E-state index is -0.149. The van der Waals surface area contributed by atoms with E-state index in [0.717, 1.165) is 23.6 Å². The van der Waals surface area contributed by atoms with Crippen molar-refractivity contribution in [3.63, 3.8) is 0 Å². The van der Waals surface area contributed by atoms with Gasteiger partial charge < -0.3 is 10.0 Å². The average molecular weight is 275 g/mol. The number of carbonyl (C=O) groups excluding carboxylic acids is 1. The lowest BCUT2D eigenvalue weighted by atomic mass is 10.1. The van der Waals surface area contributed by atoms with Gasteiger partial charge in [-0.15, -0.1) is 0 Å². The molecule has 1 aliphatic heterocycles. The van der Waals surface area contributed by atoms with E-state index in [1.165, 1.54) is 0 Å². The number of hydrogen-bond acceptors (Lipinski definition) is 3. The molecule has 1 atom stereocenters. The van der Waals surface area contributed by atoms with E-state index in [9.17, 15) is 4.79 Å². The van der Waals surface area contributed by atoms with Gasteiger partial charge in [0.05, 0.1) is 0 Å². The maximum Gasteiger partial charge on any atom is 0.254 e. The highest BCUT2D eigenvalue weighted by molar-refractivity contribution is 7.99. The number of benzene rings is 1. The van der Waals surface area contributed by atoms with Crippen LogP contribution in [0.5, 0.6) is 0 Å². The number of aliphatic hydroxyl groups excluding tert-OH is 1. The fourth-order valence-electron chi connectivity index (χ4n) is 2.03. The van der Waals surface area contributed by atoms with Crippen molar-refractivity contribution in [1.29, 1.82) is 0 Å². The fourth-order valence-corrected chi connectivity index (χ4v) is 3.05. The Balaban J connectivity index is 2.10. The first kappa shape index (κ1) is 14.0. The Hall–Kier alpha value is -1.44. The summed E-state index contributed by atoms with van der Waals surface area (Å²) in [6, 6.07) is 7.54. The molecule has 0 saturated carbocycles. The maximum absolute atomic E-state index is 12.4. The van der Waals surface area contributed by atoms with Crippen LogP contribution in [0, 0.1) is 11.8 Å². The topological polar surface area (TPSA) is 40.5 Å². The van der Waals surface area contributed by atoms with Gasteiger partial charge in [0, 0.05) is 35.2 Å². The summed E-state index contributed by atoms with van der Waals surface area (Å²) in [7, 11) is 0. The lowest BCUT2D eigenvalue weighted by Crippen LogP contribution is -2.44. The molecule has 1 unspecified atom stereocenters. The van der Waals surface area contributed by atoms with Gasteiger partial charge in [0.25, 0.3) is 5.91 Å². The van der Waals surface area contributed by atoms with Crippen LogP contribution in [-0.4, -0.2) is 46.6 Å². The van der Waals surface area contributed by atoms with Gasteiger partial charge in [-0.25, -0.2) is 0 Å². The number of carbonyl (C=O) groups is 1.